The van der Waals surface area contributed by atoms with Crippen molar-refractivity contribution >= 4 is 34.6 Å². The fraction of sp³-hybridized carbons (Fsp3) is 0.0769. The van der Waals surface area contributed by atoms with Gasteiger partial charge in [0.2, 0.25) is 0 Å². The van der Waals surface area contributed by atoms with Gasteiger partial charge in [0.1, 0.15) is 5.75 Å². The van der Waals surface area contributed by atoms with Crippen molar-refractivity contribution in [1.29, 1.82) is 0 Å². The number of ether oxygens (including phenoxy) is 1. The number of anilines is 1. The maximum atomic E-state index is 11.8. The number of carbonyl (C=O) groups is 1. The number of methoxy groups -OCH3 is 1. The minimum Gasteiger partial charge on any atom is -0.494 e. The lowest BCUT2D eigenvalue weighted by Crippen LogP contribution is -2.34. The van der Waals surface area contributed by atoms with Crippen LogP contribution in [0.1, 0.15) is 10.6 Å². The molecule has 0 atom stereocenters. The second kappa shape index (κ2) is 6.68. The lowest BCUT2D eigenvalue weighted by atomic mass is 10.2. The van der Waals surface area contributed by atoms with Gasteiger partial charge in [-0.2, -0.15) is 0 Å². The summed E-state index contributed by atoms with van der Waals surface area (Å²) in [6, 6.07) is 7.04. The monoisotopic (exact) mass is 321 g/mol. The van der Waals surface area contributed by atoms with Gasteiger partial charge >= 0.3 is 0 Å². The highest BCUT2D eigenvalue weighted by Crippen LogP contribution is 2.28. The number of thiocarbonyl (C=S) groups is 1. The Balaban J connectivity index is 2.08. The number of rotatable bonds is 4. The van der Waals surface area contributed by atoms with Crippen molar-refractivity contribution in [2.75, 3.05) is 12.4 Å². The molecule has 1 aromatic heterocycles. The Hall–Kier alpha value is -2.94. The average molecular weight is 321 g/mol. The van der Waals surface area contributed by atoms with E-state index in [1.807, 2.05) is 0 Å². The summed E-state index contributed by atoms with van der Waals surface area (Å²) in [4.78, 5) is 21.9. The molecule has 0 spiro atoms. The van der Waals surface area contributed by atoms with Gasteiger partial charge in [-0.05, 0) is 30.4 Å². The maximum Gasteiger partial charge on any atom is 0.293 e. The van der Waals surface area contributed by atoms with Gasteiger partial charge in [-0.1, -0.05) is 0 Å². The molecule has 2 aromatic rings. The molecule has 0 bridgehead atoms. The van der Waals surface area contributed by atoms with Crippen LogP contribution in [0.25, 0.3) is 0 Å². The van der Waals surface area contributed by atoms with Crippen molar-refractivity contribution in [3.05, 3.63) is 52.5 Å². The minimum atomic E-state index is -0.538. The van der Waals surface area contributed by atoms with E-state index >= 15 is 0 Å². The zero-order chi connectivity index (χ0) is 16.1. The molecule has 22 heavy (non-hydrogen) atoms. The minimum absolute atomic E-state index is 0.00792. The smallest absolute Gasteiger partial charge is 0.293 e. The second-order valence-electron chi connectivity index (χ2n) is 4.03. The van der Waals surface area contributed by atoms with Gasteiger partial charge < -0.3 is 14.5 Å². The van der Waals surface area contributed by atoms with Gasteiger partial charge in [-0.15, -0.1) is 0 Å². The molecule has 2 rings (SSSR count). The summed E-state index contributed by atoms with van der Waals surface area (Å²) in [5, 5.41) is 15.9. The molecule has 2 N–H and O–H groups in total. The van der Waals surface area contributed by atoms with Crippen molar-refractivity contribution in [2.45, 2.75) is 0 Å². The van der Waals surface area contributed by atoms with Gasteiger partial charge in [0.05, 0.1) is 30.1 Å². The molecule has 0 fully saturated rings. The summed E-state index contributed by atoms with van der Waals surface area (Å²) in [5.41, 5.74) is 0.269. The SMILES string of the molecule is COc1cc([N+](=O)[O-])ccc1NC(=S)NC(=O)c1ccco1. The van der Waals surface area contributed by atoms with E-state index in [2.05, 4.69) is 10.6 Å². The first-order chi connectivity index (χ1) is 10.5. The van der Waals surface area contributed by atoms with E-state index in [-0.39, 0.29) is 22.3 Å². The zero-order valence-electron chi connectivity index (χ0n) is 11.4. The number of furan rings is 1. The average Bonchev–Trinajstić information content (AvgIpc) is 3.01. The molecule has 0 saturated carbocycles. The van der Waals surface area contributed by atoms with Gasteiger partial charge in [0, 0.05) is 6.07 Å². The van der Waals surface area contributed by atoms with Crippen LogP contribution >= 0.6 is 12.2 Å². The summed E-state index contributed by atoms with van der Waals surface area (Å²) < 4.78 is 9.99. The Bertz CT molecular complexity index is 714. The number of amides is 1. The van der Waals surface area contributed by atoms with Crippen LogP contribution < -0.4 is 15.4 Å². The molecule has 1 amide bonds. The molecule has 0 saturated heterocycles. The van der Waals surface area contributed by atoms with Crippen LogP contribution in [0.3, 0.4) is 0 Å². The van der Waals surface area contributed by atoms with E-state index in [4.69, 9.17) is 21.4 Å². The molecule has 114 valence electrons. The number of benzene rings is 1. The lowest BCUT2D eigenvalue weighted by Gasteiger charge is -2.12. The third kappa shape index (κ3) is 3.58. The van der Waals surface area contributed by atoms with E-state index < -0.39 is 10.8 Å². The summed E-state index contributed by atoms with van der Waals surface area (Å²) in [5.74, 6) is -0.174. The van der Waals surface area contributed by atoms with Crippen LogP contribution in [0.5, 0.6) is 5.75 Å². The molecule has 9 heteroatoms. The Morgan fingerprint density at radius 1 is 1.41 bits per heavy atom. The number of carbonyl (C=O) groups excluding carboxylic acids is 1. The maximum absolute atomic E-state index is 11.8. The lowest BCUT2D eigenvalue weighted by molar-refractivity contribution is -0.384. The molecule has 0 aliphatic heterocycles. The molecule has 0 unspecified atom stereocenters. The van der Waals surface area contributed by atoms with Crippen molar-refractivity contribution in [3.8, 4) is 5.75 Å². The first kappa shape index (κ1) is 15.4. The number of nitrogens with zero attached hydrogens (tertiary/aromatic N) is 1. The fourth-order valence-corrected chi connectivity index (χ4v) is 1.83. The Morgan fingerprint density at radius 3 is 2.77 bits per heavy atom. The molecular weight excluding hydrogens is 310 g/mol. The van der Waals surface area contributed by atoms with Gasteiger partial charge in [-0.25, -0.2) is 0 Å². The van der Waals surface area contributed by atoms with Crippen LogP contribution in [0.15, 0.2) is 41.0 Å². The highest BCUT2D eigenvalue weighted by atomic mass is 32.1. The van der Waals surface area contributed by atoms with Crippen molar-refractivity contribution in [3.63, 3.8) is 0 Å². The van der Waals surface area contributed by atoms with Gasteiger partial charge in [0.25, 0.3) is 11.6 Å². The number of nitro benzene ring substituents is 1. The summed E-state index contributed by atoms with van der Waals surface area (Å²) in [6.07, 6.45) is 1.37. The van der Waals surface area contributed by atoms with E-state index in [0.717, 1.165) is 0 Å². The van der Waals surface area contributed by atoms with Crippen molar-refractivity contribution in [1.82, 2.24) is 5.32 Å². The highest BCUT2D eigenvalue weighted by Gasteiger charge is 2.14. The Labute approximate surface area is 130 Å². The molecule has 0 radical (unpaired) electrons. The van der Waals surface area contributed by atoms with Crippen LogP contribution in [-0.2, 0) is 0 Å². The topological polar surface area (TPSA) is 107 Å². The molecular formula is C13H11N3O5S. The first-order valence-electron chi connectivity index (χ1n) is 5.99. The standard InChI is InChI=1S/C13H11N3O5S/c1-20-11-7-8(16(18)19)4-5-9(11)14-13(22)15-12(17)10-3-2-6-21-10/h2-7H,1H3,(H2,14,15,17,22). The Kier molecular flexibility index (Phi) is 4.69. The number of non-ortho nitro benzene ring substituents is 1. The number of nitrogens with one attached hydrogen (secondary N) is 2. The summed E-state index contributed by atoms with van der Waals surface area (Å²) in [7, 11) is 1.37. The van der Waals surface area contributed by atoms with Crippen molar-refractivity contribution < 1.29 is 18.9 Å². The quantitative estimate of drug-likeness (QED) is 0.505. The van der Waals surface area contributed by atoms with Crippen LogP contribution in [0.2, 0.25) is 0 Å². The molecule has 1 aromatic carbocycles. The molecule has 8 nitrogen and oxygen atoms in total. The van der Waals surface area contributed by atoms with E-state index in [9.17, 15) is 14.9 Å². The zero-order valence-corrected chi connectivity index (χ0v) is 12.2. The largest absolute Gasteiger partial charge is 0.494 e. The van der Waals surface area contributed by atoms with Crippen molar-refractivity contribution in [2.24, 2.45) is 0 Å². The molecule has 0 aliphatic rings. The van der Waals surface area contributed by atoms with E-state index in [1.54, 1.807) is 6.07 Å². The van der Waals surface area contributed by atoms with Crippen LogP contribution in [-0.4, -0.2) is 23.1 Å². The Morgan fingerprint density at radius 2 is 2.18 bits per heavy atom. The number of hydrogen-bond acceptors (Lipinski definition) is 6. The predicted molar refractivity (Wildman–Crippen MR) is 82.0 cm³/mol. The molecule has 1 heterocycles. The highest BCUT2D eigenvalue weighted by molar-refractivity contribution is 7.80. The summed E-state index contributed by atoms with van der Waals surface area (Å²) >= 11 is 5.00. The number of nitro groups is 1. The van der Waals surface area contributed by atoms with Gasteiger partial charge in [-0.3, -0.25) is 20.2 Å². The van der Waals surface area contributed by atoms with E-state index in [0.29, 0.717) is 5.69 Å². The number of hydrogen-bond donors (Lipinski definition) is 2. The van der Waals surface area contributed by atoms with Gasteiger partial charge in [0.15, 0.2) is 10.9 Å². The van der Waals surface area contributed by atoms with Crippen LogP contribution in [0, 0.1) is 10.1 Å². The fourth-order valence-electron chi connectivity index (χ4n) is 1.62. The first-order valence-corrected chi connectivity index (χ1v) is 6.40. The van der Waals surface area contributed by atoms with Crippen LogP contribution in [0.4, 0.5) is 11.4 Å². The van der Waals surface area contributed by atoms with E-state index in [1.165, 1.54) is 37.6 Å². The molecule has 0 aliphatic carbocycles. The predicted octanol–water partition coefficient (Wildman–Crippen LogP) is 2.32. The normalized spacial score (nSPS) is 9.86. The summed E-state index contributed by atoms with van der Waals surface area (Å²) in [6.45, 7) is 0. The second-order valence-corrected chi connectivity index (χ2v) is 4.44. The third-order valence-corrected chi connectivity index (χ3v) is 2.82. The third-order valence-electron chi connectivity index (χ3n) is 2.62.